The lowest BCUT2D eigenvalue weighted by atomic mass is 10.2. The summed E-state index contributed by atoms with van der Waals surface area (Å²) < 4.78 is 0. The van der Waals surface area contributed by atoms with E-state index in [-0.39, 0.29) is 0 Å². The maximum Gasteiger partial charge on any atom is 0.0876 e. The third-order valence-corrected chi connectivity index (χ3v) is 3.14. The van der Waals surface area contributed by atoms with Crippen molar-refractivity contribution in [2.75, 3.05) is 39.4 Å². The van der Waals surface area contributed by atoms with E-state index in [1.165, 1.54) is 25.9 Å². The fourth-order valence-electron chi connectivity index (χ4n) is 2.39. The largest absolute Gasteiger partial charge is 0.303 e. The number of nitrogens with one attached hydrogen (secondary N) is 1. The molecule has 0 saturated carbocycles. The number of hydrogen-bond donors (Lipinski definition) is 1. The molecule has 0 spiro atoms. The molecule has 4 heteroatoms. The molecule has 2 aliphatic rings. The fraction of sp³-hybridized carbons (Fsp3) is 0.900. The van der Waals surface area contributed by atoms with E-state index in [1.54, 1.807) is 0 Å². The number of nitrogens with zero attached hydrogens (tertiary/aromatic N) is 3. The van der Waals surface area contributed by atoms with Crippen LogP contribution in [0.4, 0.5) is 0 Å². The number of nitriles is 1. The van der Waals surface area contributed by atoms with Gasteiger partial charge >= 0.3 is 0 Å². The molecule has 0 aliphatic carbocycles. The van der Waals surface area contributed by atoms with Gasteiger partial charge in [0, 0.05) is 25.8 Å². The zero-order chi connectivity index (χ0) is 9.80. The first-order valence-electron chi connectivity index (χ1n) is 5.44. The van der Waals surface area contributed by atoms with Gasteiger partial charge in [-0.3, -0.25) is 9.80 Å². The van der Waals surface area contributed by atoms with E-state index in [0.29, 0.717) is 12.6 Å². The van der Waals surface area contributed by atoms with E-state index >= 15 is 0 Å². The van der Waals surface area contributed by atoms with E-state index in [9.17, 15) is 0 Å². The summed E-state index contributed by atoms with van der Waals surface area (Å²) in [4.78, 5) is 4.74. The van der Waals surface area contributed by atoms with Gasteiger partial charge in [-0.1, -0.05) is 0 Å². The van der Waals surface area contributed by atoms with Crippen molar-refractivity contribution in [1.29, 1.82) is 5.26 Å². The van der Waals surface area contributed by atoms with Crippen molar-refractivity contribution in [2.24, 2.45) is 0 Å². The van der Waals surface area contributed by atoms with Crippen molar-refractivity contribution in [1.82, 2.24) is 15.1 Å². The van der Waals surface area contributed by atoms with Crippen LogP contribution in [-0.2, 0) is 0 Å². The molecule has 14 heavy (non-hydrogen) atoms. The molecule has 2 rings (SSSR count). The first kappa shape index (κ1) is 9.91. The van der Waals surface area contributed by atoms with Crippen LogP contribution in [0.25, 0.3) is 0 Å². The Bertz CT molecular complexity index is 217. The topological polar surface area (TPSA) is 42.3 Å². The standard InChI is InChI=1S/C10H18N4/c11-3-6-13-8-10(7-12-9-13)14-4-1-2-5-14/h10,12H,1-2,4-9H2. The summed E-state index contributed by atoms with van der Waals surface area (Å²) >= 11 is 0. The summed E-state index contributed by atoms with van der Waals surface area (Å²) in [6.07, 6.45) is 2.68. The van der Waals surface area contributed by atoms with Crippen LogP contribution in [0.3, 0.4) is 0 Å². The van der Waals surface area contributed by atoms with Crippen LogP contribution in [0.5, 0.6) is 0 Å². The first-order valence-corrected chi connectivity index (χ1v) is 5.44. The zero-order valence-corrected chi connectivity index (χ0v) is 8.58. The number of hydrogen-bond acceptors (Lipinski definition) is 4. The van der Waals surface area contributed by atoms with Crippen LogP contribution in [0, 0.1) is 11.3 Å². The van der Waals surface area contributed by atoms with Crippen molar-refractivity contribution in [2.45, 2.75) is 18.9 Å². The van der Waals surface area contributed by atoms with Gasteiger partial charge in [-0.05, 0) is 25.9 Å². The van der Waals surface area contributed by atoms with Crippen LogP contribution in [0.1, 0.15) is 12.8 Å². The molecule has 1 atom stereocenters. The van der Waals surface area contributed by atoms with Crippen LogP contribution in [0.15, 0.2) is 0 Å². The van der Waals surface area contributed by atoms with E-state index in [2.05, 4.69) is 21.2 Å². The molecule has 2 heterocycles. The Morgan fingerprint density at radius 2 is 2.14 bits per heavy atom. The molecule has 78 valence electrons. The lowest BCUT2D eigenvalue weighted by molar-refractivity contribution is 0.123. The highest BCUT2D eigenvalue weighted by Crippen LogP contribution is 2.13. The molecule has 0 aromatic heterocycles. The van der Waals surface area contributed by atoms with Gasteiger partial charge in [0.15, 0.2) is 0 Å². The fourth-order valence-corrected chi connectivity index (χ4v) is 2.39. The molecular formula is C10H18N4. The lowest BCUT2D eigenvalue weighted by Gasteiger charge is -2.36. The normalized spacial score (nSPS) is 30.4. The molecule has 4 nitrogen and oxygen atoms in total. The van der Waals surface area contributed by atoms with Gasteiger partial charge in [-0.2, -0.15) is 5.26 Å². The second-order valence-corrected chi connectivity index (χ2v) is 4.18. The second kappa shape index (κ2) is 4.74. The summed E-state index contributed by atoms with van der Waals surface area (Å²) in [6, 6.07) is 2.84. The monoisotopic (exact) mass is 194 g/mol. The zero-order valence-electron chi connectivity index (χ0n) is 8.58. The van der Waals surface area contributed by atoms with E-state index in [0.717, 1.165) is 19.8 Å². The summed E-state index contributed by atoms with van der Waals surface area (Å²) in [5.41, 5.74) is 0. The molecule has 0 bridgehead atoms. The average molecular weight is 194 g/mol. The Morgan fingerprint density at radius 3 is 2.86 bits per heavy atom. The highest BCUT2D eigenvalue weighted by molar-refractivity contribution is 4.87. The summed E-state index contributed by atoms with van der Waals surface area (Å²) in [5.74, 6) is 0. The van der Waals surface area contributed by atoms with Gasteiger partial charge in [0.1, 0.15) is 0 Å². The van der Waals surface area contributed by atoms with E-state index in [4.69, 9.17) is 5.26 Å². The molecule has 0 radical (unpaired) electrons. The Labute approximate surface area is 85.5 Å². The van der Waals surface area contributed by atoms with Gasteiger partial charge in [0.2, 0.25) is 0 Å². The molecule has 0 amide bonds. The Balaban J connectivity index is 1.84. The third kappa shape index (κ3) is 2.24. The lowest BCUT2D eigenvalue weighted by Crippen LogP contribution is -2.55. The quantitative estimate of drug-likeness (QED) is 0.620. The first-order chi connectivity index (χ1) is 6.90. The van der Waals surface area contributed by atoms with Crippen LogP contribution < -0.4 is 5.32 Å². The summed E-state index contributed by atoms with van der Waals surface area (Å²) in [6.45, 7) is 6.05. The summed E-state index contributed by atoms with van der Waals surface area (Å²) in [5, 5.41) is 12.0. The van der Waals surface area contributed by atoms with Crippen LogP contribution >= 0.6 is 0 Å². The van der Waals surface area contributed by atoms with Crippen molar-refractivity contribution in [3.63, 3.8) is 0 Å². The van der Waals surface area contributed by atoms with Crippen molar-refractivity contribution in [3.8, 4) is 6.07 Å². The van der Waals surface area contributed by atoms with Gasteiger partial charge < -0.3 is 5.32 Å². The minimum Gasteiger partial charge on any atom is -0.303 e. The smallest absolute Gasteiger partial charge is 0.0876 e. The van der Waals surface area contributed by atoms with Gasteiger partial charge in [-0.15, -0.1) is 0 Å². The maximum absolute atomic E-state index is 8.64. The van der Waals surface area contributed by atoms with Crippen LogP contribution in [-0.4, -0.2) is 55.2 Å². The second-order valence-electron chi connectivity index (χ2n) is 4.18. The van der Waals surface area contributed by atoms with Gasteiger partial charge in [0.25, 0.3) is 0 Å². The Hall–Kier alpha value is -0.630. The minimum absolute atomic E-state index is 0.553. The minimum atomic E-state index is 0.553. The molecule has 2 aliphatic heterocycles. The maximum atomic E-state index is 8.64. The van der Waals surface area contributed by atoms with Gasteiger partial charge in [-0.25, -0.2) is 0 Å². The van der Waals surface area contributed by atoms with E-state index in [1.807, 2.05) is 0 Å². The number of likely N-dealkylation sites (tertiary alicyclic amines) is 1. The van der Waals surface area contributed by atoms with Crippen molar-refractivity contribution < 1.29 is 0 Å². The van der Waals surface area contributed by atoms with Gasteiger partial charge in [0.05, 0.1) is 12.6 Å². The molecule has 1 N–H and O–H groups in total. The van der Waals surface area contributed by atoms with Crippen LogP contribution in [0.2, 0.25) is 0 Å². The molecular weight excluding hydrogens is 176 g/mol. The third-order valence-electron chi connectivity index (χ3n) is 3.14. The predicted octanol–water partition coefficient (Wildman–Crippen LogP) is -0.163. The summed E-state index contributed by atoms with van der Waals surface area (Å²) in [7, 11) is 0. The van der Waals surface area contributed by atoms with Crippen molar-refractivity contribution in [3.05, 3.63) is 0 Å². The molecule has 0 aromatic rings. The predicted molar refractivity (Wildman–Crippen MR) is 54.7 cm³/mol. The Kier molecular flexibility index (Phi) is 3.35. The molecule has 1 unspecified atom stereocenters. The highest BCUT2D eigenvalue weighted by atomic mass is 15.3. The van der Waals surface area contributed by atoms with Crippen molar-refractivity contribution >= 4 is 0 Å². The molecule has 2 fully saturated rings. The molecule has 2 saturated heterocycles. The average Bonchev–Trinajstić information content (AvgIpc) is 2.71. The highest BCUT2D eigenvalue weighted by Gasteiger charge is 2.26. The van der Waals surface area contributed by atoms with E-state index < -0.39 is 0 Å². The number of rotatable bonds is 2. The Morgan fingerprint density at radius 1 is 1.36 bits per heavy atom. The molecule has 0 aromatic carbocycles. The SMILES string of the molecule is N#CCN1CNCC(N2CCCC2)C1.